The minimum absolute atomic E-state index is 0.0641. The van der Waals surface area contributed by atoms with Gasteiger partial charge in [0.1, 0.15) is 24.1 Å². The number of thiophene rings is 1. The van der Waals surface area contributed by atoms with Crippen LogP contribution >= 0.6 is 11.3 Å². The van der Waals surface area contributed by atoms with Gasteiger partial charge in [-0.15, -0.1) is 11.3 Å². The summed E-state index contributed by atoms with van der Waals surface area (Å²) in [5.74, 6) is -0.163. The fraction of sp³-hybridized carbons (Fsp3) is 0.412. The zero-order valence-corrected chi connectivity index (χ0v) is 14.5. The molecule has 7 nitrogen and oxygen atoms in total. The number of carbonyl (C=O) groups is 1. The lowest BCUT2D eigenvalue weighted by molar-refractivity contribution is -0.122. The number of aromatic nitrogens is 4. The molecule has 1 fully saturated rings. The average molecular weight is 357 g/mol. The molecule has 0 bridgehead atoms. The number of rotatable bonds is 4. The molecule has 0 aromatic carbocycles. The molecule has 0 spiro atoms. The van der Waals surface area contributed by atoms with Crippen LogP contribution in [-0.4, -0.2) is 31.3 Å². The van der Waals surface area contributed by atoms with Gasteiger partial charge >= 0.3 is 0 Å². The second-order valence-corrected chi connectivity index (χ2v) is 7.28. The third-order valence-corrected chi connectivity index (χ3v) is 5.42. The molecule has 1 aliphatic rings. The van der Waals surface area contributed by atoms with E-state index in [2.05, 4.69) is 15.5 Å². The molecule has 25 heavy (non-hydrogen) atoms. The van der Waals surface area contributed by atoms with E-state index in [9.17, 15) is 9.59 Å². The van der Waals surface area contributed by atoms with Crippen molar-refractivity contribution < 1.29 is 4.79 Å². The molecule has 1 saturated carbocycles. The van der Waals surface area contributed by atoms with Gasteiger partial charge in [0.25, 0.3) is 5.56 Å². The molecule has 8 heteroatoms. The zero-order chi connectivity index (χ0) is 17.2. The summed E-state index contributed by atoms with van der Waals surface area (Å²) in [7, 11) is 0. The maximum absolute atomic E-state index is 12.6. The fourth-order valence-electron chi connectivity index (χ4n) is 3.25. The third kappa shape index (κ3) is 3.34. The first-order valence-corrected chi connectivity index (χ1v) is 9.37. The van der Waals surface area contributed by atoms with Crippen molar-refractivity contribution in [1.82, 2.24) is 24.7 Å². The summed E-state index contributed by atoms with van der Waals surface area (Å²) >= 11 is 1.56. The molecule has 1 aliphatic carbocycles. The summed E-state index contributed by atoms with van der Waals surface area (Å²) in [6.45, 7) is -0.0641. The van der Waals surface area contributed by atoms with Gasteiger partial charge in [0, 0.05) is 6.04 Å². The molecule has 1 N–H and O–H groups in total. The lowest BCUT2D eigenvalue weighted by atomic mass is 9.95. The average Bonchev–Trinajstić information content (AvgIpc) is 3.27. The van der Waals surface area contributed by atoms with Crippen molar-refractivity contribution in [1.29, 1.82) is 0 Å². The van der Waals surface area contributed by atoms with E-state index < -0.39 is 0 Å². The lowest BCUT2D eigenvalue weighted by Crippen LogP contribution is -2.40. The van der Waals surface area contributed by atoms with E-state index in [1.807, 2.05) is 17.5 Å². The molecular formula is C17H19N5O2S. The molecule has 4 rings (SSSR count). The number of hydrogen-bond donors (Lipinski definition) is 1. The van der Waals surface area contributed by atoms with E-state index in [1.54, 1.807) is 17.4 Å². The van der Waals surface area contributed by atoms with Gasteiger partial charge in [0.2, 0.25) is 5.91 Å². The van der Waals surface area contributed by atoms with Crippen molar-refractivity contribution in [2.45, 2.75) is 44.7 Å². The standard InChI is InChI=1S/C17H19N5O2S/c23-16(19-12-5-2-1-3-6-12)10-21-17(24)14-9-13(15-7-4-8-25-15)20-22(14)11-18-21/h4,7-9,11-12H,1-3,5-6,10H2,(H,19,23). The van der Waals surface area contributed by atoms with Gasteiger partial charge in [-0.05, 0) is 30.4 Å². The topological polar surface area (TPSA) is 81.3 Å². The van der Waals surface area contributed by atoms with Crippen LogP contribution in [0.3, 0.4) is 0 Å². The maximum Gasteiger partial charge on any atom is 0.293 e. The van der Waals surface area contributed by atoms with Gasteiger partial charge in [-0.25, -0.2) is 9.20 Å². The molecule has 1 amide bonds. The van der Waals surface area contributed by atoms with Crippen molar-refractivity contribution >= 4 is 22.8 Å². The first kappa shape index (κ1) is 16.0. The number of fused-ring (bicyclic) bond motifs is 1. The van der Waals surface area contributed by atoms with Crippen molar-refractivity contribution in [3.63, 3.8) is 0 Å². The second kappa shape index (κ2) is 6.79. The van der Waals surface area contributed by atoms with Crippen LogP contribution in [0.5, 0.6) is 0 Å². The maximum atomic E-state index is 12.6. The zero-order valence-electron chi connectivity index (χ0n) is 13.7. The Morgan fingerprint density at radius 2 is 2.16 bits per heavy atom. The number of hydrogen-bond acceptors (Lipinski definition) is 5. The molecule has 3 heterocycles. The van der Waals surface area contributed by atoms with E-state index >= 15 is 0 Å². The molecule has 0 aliphatic heterocycles. The molecular weight excluding hydrogens is 338 g/mol. The number of carbonyl (C=O) groups excluding carboxylic acids is 1. The summed E-state index contributed by atoms with van der Waals surface area (Å²) < 4.78 is 2.67. The Balaban J connectivity index is 1.54. The predicted molar refractivity (Wildman–Crippen MR) is 95.6 cm³/mol. The van der Waals surface area contributed by atoms with Crippen LogP contribution in [0, 0.1) is 0 Å². The Hall–Kier alpha value is -2.48. The monoisotopic (exact) mass is 357 g/mol. The van der Waals surface area contributed by atoms with Gasteiger partial charge in [0.05, 0.1) is 4.88 Å². The van der Waals surface area contributed by atoms with Crippen molar-refractivity contribution in [2.75, 3.05) is 0 Å². The number of nitrogens with zero attached hydrogens (tertiary/aromatic N) is 4. The molecule has 3 aromatic heterocycles. The molecule has 0 saturated heterocycles. The summed E-state index contributed by atoms with van der Waals surface area (Å²) in [6, 6.07) is 5.86. The highest BCUT2D eigenvalue weighted by Gasteiger charge is 2.17. The van der Waals surface area contributed by atoms with E-state index in [0.717, 1.165) is 36.3 Å². The Morgan fingerprint density at radius 3 is 2.92 bits per heavy atom. The predicted octanol–water partition coefficient (Wildman–Crippen LogP) is 2.07. The molecule has 0 unspecified atom stereocenters. The summed E-state index contributed by atoms with van der Waals surface area (Å²) in [4.78, 5) is 25.8. The summed E-state index contributed by atoms with van der Waals surface area (Å²) in [6.07, 6.45) is 7.03. The van der Waals surface area contributed by atoms with Crippen molar-refractivity contribution in [2.24, 2.45) is 0 Å². The first-order chi connectivity index (χ1) is 12.2. The number of amides is 1. The van der Waals surface area contributed by atoms with E-state index in [1.165, 1.54) is 21.9 Å². The quantitative estimate of drug-likeness (QED) is 0.775. The Kier molecular flexibility index (Phi) is 4.35. The van der Waals surface area contributed by atoms with Crippen LogP contribution < -0.4 is 10.9 Å². The van der Waals surface area contributed by atoms with E-state index in [0.29, 0.717) is 5.52 Å². The minimum atomic E-state index is -0.309. The number of nitrogens with one attached hydrogen (secondary N) is 1. The highest BCUT2D eigenvalue weighted by atomic mass is 32.1. The smallest absolute Gasteiger partial charge is 0.293 e. The summed E-state index contributed by atoms with van der Waals surface area (Å²) in [5.41, 5.74) is 0.846. The van der Waals surface area contributed by atoms with Gasteiger partial charge in [-0.1, -0.05) is 25.3 Å². The first-order valence-electron chi connectivity index (χ1n) is 8.49. The molecule has 3 aromatic rings. The van der Waals surface area contributed by atoms with Crippen LogP contribution in [0.1, 0.15) is 32.1 Å². The fourth-order valence-corrected chi connectivity index (χ4v) is 3.93. The third-order valence-electron chi connectivity index (χ3n) is 4.53. The van der Waals surface area contributed by atoms with E-state index in [-0.39, 0.29) is 24.1 Å². The molecule has 130 valence electrons. The van der Waals surface area contributed by atoms with Crippen molar-refractivity contribution in [3.05, 3.63) is 40.3 Å². The Bertz CT molecular complexity index is 938. The highest BCUT2D eigenvalue weighted by Crippen LogP contribution is 2.23. The Morgan fingerprint density at radius 1 is 1.32 bits per heavy atom. The molecule has 0 atom stereocenters. The normalized spacial score (nSPS) is 15.5. The van der Waals surface area contributed by atoms with E-state index in [4.69, 9.17) is 0 Å². The van der Waals surface area contributed by atoms with Crippen LogP contribution in [-0.2, 0) is 11.3 Å². The largest absolute Gasteiger partial charge is 0.352 e. The minimum Gasteiger partial charge on any atom is -0.352 e. The van der Waals surface area contributed by atoms with Gasteiger partial charge in [-0.3, -0.25) is 9.59 Å². The highest BCUT2D eigenvalue weighted by molar-refractivity contribution is 7.13. The Labute approximate surface area is 148 Å². The van der Waals surface area contributed by atoms with Crippen LogP contribution in [0.25, 0.3) is 16.1 Å². The van der Waals surface area contributed by atoms with Crippen LogP contribution in [0.4, 0.5) is 0 Å². The van der Waals surface area contributed by atoms with Gasteiger partial charge < -0.3 is 5.32 Å². The SMILES string of the molecule is O=C(Cn1ncn2nc(-c3cccs3)cc2c1=O)NC1CCCCC1. The van der Waals surface area contributed by atoms with Gasteiger partial charge in [-0.2, -0.15) is 10.2 Å². The second-order valence-electron chi connectivity index (χ2n) is 6.33. The van der Waals surface area contributed by atoms with Crippen molar-refractivity contribution in [3.8, 4) is 10.6 Å². The van der Waals surface area contributed by atoms with Crippen LogP contribution in [0.2, 0.25) is 0 Å². The van der Waals surface area contributed by atoms with Crippen LogP contribution in [0.15, 0.2) is 34.7 Å². The van der Waals surface area contributed by atoms with Gasteiger partial charge in [0.15, 0.2) is 0 Å². The summed E-state index contributed by atoms with van der Waals surface area (Å²) in [5, 5.41) is 13.4. The lowest BCUT2D eigenvalue weighted by Gasteiger charge is -2.22. The molecule has 0 radical (unpaired) electrons.